The van der Waals surface area contributed by atoms with Gasteiger partial charge in [0.05, 0.1) is 0 Å². The number of fused-ring (bicyclic) bond motifs is 1. The summed E-state index contributed by atoms with van der Waals surface area (Å²) in [5.74, 6) is -1.08. The molecule has 0 bridgehead atoms. The van der Waals surface area contributed by atoms with Crippen molar-refractivity contribution in [1.29, 1.82) is 0 Å². The number of aryl methyl sites for hydroxylation is 1. The van der Waals surface area contributed by atoms with Gasteiger partial charge in [0, 0.05) is 48.6 Å². The van der Waals surface area contributed by atoms with E-state index >= 15 is 0 Å². The standard InChI is InChI=1S/C35H39ClN4O4/c1-24-21-28(13-14-29(24)36)37-34(43)30(17-20-39-18-7-8-19-39)38-35(44)31-22-26-11-5-6-12-27(26)23-40(31)33(42)16-15-32(41)25-9-3-2-4-10-25/h2-6,9-14,21,30-31H,7-8,15-20,22-23H2,1H3,(H,37,43)(H,38,44)/t30-,31-/m0/s1. The minimum atomic E-state index is -0.802. The van der Waals surface area contributed by atoms with Crippen LogP contribution >= 0.6 is 11.6 Å². The Bertz CT molecular complexity index is 1510. The summed E-state index contributed by atoms with van der Waals surface area (Å²) in [6, 6.07) is 20.3. The molecule has 0 unspecified atom stereocenters. The number of rotatable bonds is 11. The van der Waals surface area contributed by atoms with E-state index < -0.39 is 12.1 Å². The van der Waals surface area contributed by atoms with Gasteiger partial charge in [-0.1, -0.05) is 66.2 Å². The van der Waals surface area contributed by atoms with Crippen molar-refractivity contribution in [2.24, 2.45) is 0 Å². The van der Waals surface area contributed by atoms with Crippen LogP contribution in [0.2, 0.25) is 5.02 Å². The van der Waals surface area contributed by atoms with Gasteiger partial charge in [0.1, 0.15) is 12.1 Å². The molecule has 2 N–H and O–H groups in total. The Morgan fingerprint density at radius 3 is 2.34 bits per heavy atom. The molecule has 9 heteroatoms. The van der Waals surface area contributed by atoms with Crippen LogP contribution in [0.5, 0.6) is 0 Å². The van der Waals surface area contributed by atoms with E-state index in [1.165, 1.54) is 0 Å². The van der Waals surface area contributed by atoms with E-state index in [-0.39, 0.29) is 42.9 Å². The maximum absolute atomic E-state index is 14.0. The summed E-state index contributed by atoms with van der Waals surface area (Å²) in [4.78, 5) is 57.7. The molecule has 5 rings (SSSR count). The SMILES string of the molecule is Cc1cc(NC(=O)[C@H](CCN2CCCC2)NC(=O)[C@@H]2Cc3ccccc3CN2C(=O)CCC(=O)c2ccccc2)ccc1Cl. The van der Waals surface area contributed by atoms with Gasteiger partial charge in [0.25, 0.3) is 0 Å². The summed E-state index contributed by atoms with van der Waals surface area (Å²) < 4.78 is 0. The molecule has 2 atom stereocenters. The normalized spacial score (nSPS) is 17.0. The lowest BCUT2D eigenvalue weighted by Gasteiger charge is -2.37. The molecule has 44 heavy (non-hydrogen) atoms. The van der Waals surface area contributed by atoms with Crippen LogP contribution in [0.15, 0.2) is 72.8 Å². The monoisotopic (exact) mass is 614 g/mol. The Balaban J connectivity index is 1.32. The van der Waals surface area contributed by atoms with E-state index in [9.17, 15) is 19.2 Å². The molecule has 2 aliphatic heterocycles. The number of hydrogen-bond acceptors (Lipinski definition) is 5. The van der Waals surface area contributed by atoms with E-state index in [2.05, 4.69) is 15.5 Å². The zero-order valence-electron chi connectivity index (χ0n) is 25.1. The van der Waals surface area contributed by atoms with Crippen molar-refractivity contribution in [3.63, 3.8) is 0 Å². The highest BCUT2D eigenvalue weighted by molar-refractivity contribution is 6.31. The Morgan fingerprint density at radius 2 is 1.61 bits per heavy atom. The van der Waals surface area contributed by atoms with Gasteiger partial charge in [0.15, 0.2) is 5.78 Å². The summed E-state index contributed by atoms with van der Waals surface area (Å²) in [6.07, 6.45) is 3.06. The van der Waals surface area contributed by atoms with Gasteiger partial charge in [-0.15, -0.1) is 0 Å². The van der Waals surface area contributed by atoms with E-state index in [0.29, 0.717) is 35.7 Å². The van der Waals surface area contributed by atoms with Crippen molar-refractivity contribution in [2.75, 3.05) is 25.0 Å². The highest BCUT2D eigenvalue weighted by Gasteiger charge is 2.36. The van der Waals surface area contributed by atoms with Gasteiger partial charge in [0.2, 0.25) is 17.7 Å². The molecule has 0 radical (unpaired) electrons. The van der Waals surface area contributed by atoms with Crippen molar-refractivity contribution in [3.05, 3.63) is 100 Å². The molecule has 1 fully saturated rings. The van der Waals surface area contributed by atoms with Gasteiger partial charge in [-0.3, -0.25) is 19.2 Å². The number of Topliss-reactive ketones (excluding diaryl/α,β-unsaturated/α-hetero) is 1. The second-order valence-corrected chi connectivity index (χ2v) is 12.1. The second-order valence-electron chi connectivity index (χ2n) is 11.7. The number of hydrogen-bond donors (Lipinski definition) is 2. The molecule has 0 spiro atoms. The van der Waals surface area contributed by atoms with E-state index in [0.717, 1.165) is 42.6 Å². The molecule has 8 nitrogen and oxygen atoms in total. The minimum Gasteiger partial charge on any atom is -0.342 e. The van der Waals surface area contributed by atoms with E-state index in [4.69, 9.17) is 11.6 Å². The molecule has 2 heterocycles. The maximum atomic E-state index is 14.0. The molecule has 1 saturated heterocycles. The van der Waals surface area contributed by atoms with Crippen LogP contribution in [0, 0.1) is 6.92 Å². The number of ketones is 1. The molecule has 230 valence electrons. The van der Waals surface area contributed by atoms with Gasteiger partial charge in [-0.05, 0) is 74.2 Å². The summed E-state index contributed by atoms with van der Waals surface area (Å²) in [5, 5.41) is 6.55. The molecule has 0 aliphatic carbocycles. The molecule has 3 aromatic carbocycles. The number of nitrogens with zero attached hydrogens (tertiary/aromatic N) is 2. The molecule has 3 aromatic rings. The molecule has 0 aromatic heterocycles. The van der Waals surface area contributed by atoms with Crippen molar-refractivity contribution >= 4 is 40.8 Å². The number of benzene rings is 3. The van der Waals surface area contributed by atoms with E-state index in [1.54, 1.807) is 47.4 Å². The lowest BCUT2D eigenvalue weighted by Crippen LogP contribution is -2.56. The first kappa shape index (κ1) is 31.4. The third-order valence-electron chi connectivity index (χ3n) is 8.52. The summed E-state index contributed by atoms with van der Waals surface area (Å²) >= 11 is 6.18. The zero-order valence-corrected chi connectivity index (χ0v) is 25.8. The molecule has 0 saturated carbocycles. The quantitative estimate of drug-likeness (QED) is 0.290. The van der Waals surface area contributed by atoms with Crippen LogP contribution in [-0.2, 0) is 27.3 Å². The number of halogens is 1. The lowest BCUT2D eigenvalue weighted by molar-refractivity contribution is -0.142. The highest BCUT2D eigenvalue weighted by atomic mass is 35.5. The first-order valence-electron chi connectivity index (χ1n) is 15.3. The third-order valence-corrected chi connectivity index (χ3v) is 8.95. The predicted octanol–water partition coefficient (Wildman–Crippen LogP) is 5.17. The Labute approximate surface area is 263 Å². The predicted molar refractivity (Wildman–Crippen MR) is 172 cm³/mol. The van der Waals surface area contributed by atoms with Gasteiger partial charge < -0.3 is 20.4 Å². The fourth-order valence-electron chi connectivity index (χ4n) is 5.96. The highest BCUT2D eigenvalue weighted by Crippen LogP contribution is 2.25. The molecule has 2 aliphatic rings. The number of nitrogens with one attached hydrogen (secondary N) is 2. The Morgan fingerprint density at radius 1 is 0.909 bits per heavy atom. The van der Waals surface area contributed by atoms with Crippen LogP contribution in [0.1, 0.15) is 59.2 Å². The van der Waals surface area contributed by atoms with Crippen molar-refractivity contribution < 1.29 is 19.2 Å². The minimum absolute atomic E-state index is 0.00549. The van der Waals surface area contributed by atoms with Gasteiger partial charge >= 0.3 is 0 Å². The van der Waals surface area contributed by atoms with Gasteiger partial charge in [-0.25, -0.2) is 0 Å². The number of likely N-dealkylation sites (tertiary alicyclic amines) is 1. The van der Waals surface area contributed by atoms with Crippen LogP contribution in [-0.4, -0.2) is 65.0 Å². The fourth-order valence-corrected chi connectivity index (χ4v) is 6.08. The number of anilines is 1. The first-order valence-corrected chi connectivity index (χ1v) is 15.7. The second kappa shape index (κ2) is 14.6. The summed E-state index contributed by atoms with van der Waals surface area (Å²) in [6.45, 7) is 4.76. The average molecular weight is 615 g/mol. The van der Waals surface area contributed by atoms with Crippen molar-refractivity contribution in [3.8, 4) is 0 Å². The Hall–Kier alpha value is -4.01. The van der Waals surface area contributed by atoms with E-state index in [1.807, 2.05) is 37.3 Å². The van der Waals surface area contributed by atoms with Crippen molar-refractivity contribution in [1.82, 2.24) is 15.1 Å². The van der Waals surface area contributed by atoms with Crippen LogP contribution in [0.3, 0.4) is 0 Å². The van der Waals surface area contributed by atoms with Crippen LogP contribution in [0.25, 0.3) is 0 Å². The number of carbonyl (C=O) groups excluding carboxylic acids is 4. The fraction of sp³-hybridized carbons (Fsp3) is 0.371. The zero-order chi connectivity index (χ0) is 31.1. The van der Waals surface area contributed by atoms with Crippen molar-refractivity contribution in [2.45, 2.75) is 64.1 Å². The Kier molecular flexibility index (Phi) is 10.5. The lowest BCUT2D eigenvalue weighted by atomic mass is 9.92. The molecule has 3 amide bonds. The van der Waals surface area contributed by atoms with Crippen LogP contribution in [0.4, 0.5) is 5.69 Å². The largest absolute Gasteiger partial charge is 0.342 e. The number of amides is 3. The maximum Gasteiger partial charge on any atom is 0.246 e. The summed E-state index contributed by atoms with van der Waals surface area (Å²) in [5.41, 5.74) is 3.96. The third kappa shape index (κ3) is 7.92. The molecular formula is C35H39ClN4O4. The average Bonchev–Trinajstić information content (AvgIpc) is 3.57. The summed E-state index contributed by atoms with van der Waals surface area (Å²) in [7, 11) is 0. The van der Waals surface area contributed by atoms with Gasteiger partial charge in [-0.2, -0.15) is 0 Å². The van der Waals surface area contributed by atoms with Crippen LogP contribution < -0.4 is 10.6 Å². The topological polar surface area (TPSA) is 98.8 Å². The smallest absolute Gasteiger partial charge is 0.246 e. The number of carbonyl (C=O) groups is 4. The first-order chi connectivity index (χ1) is 21.3. The molecular weight excluding hydrogens is 576 g/mol.